The van der Waals surface area contributed by atoms with Gasteiger partial charge in [0.25, 0.3) is 0 Å². The van der Waals surface area contributed by atoms with Gasteiger partial charge in [-0.1, -0.05) is 6.08 Å². The molecular weight excluding hydrogens is 400 g/mol. The maximum atomic E-state index is 12.7. The summed E-state index contributed by atoms with van der Waals surface area (Å²) in [5.41, 5.74) is 0.132. The SMILES string of the molecule is COC(=O)C1=C(C(=O)OC)N(c2ccc(OC)c(S(=O)(=O)N(C)C)c2)C=CC=C1. The number of carbonyl (C=O) groups is 2. The Morgan fingerprint density at radius 1 is 1.00 bits per heavy atom. The monoisotopic (exact) mass is 422 g/mol. The lowest BCUT2D eigenvalue weighted by atomic mass is 10.1. The molecule has 29 heavy (non-hydrogen) atoms. The van der Waals surface area contributed by atoms with Crippen molar-refractivity contribution >= 4 is 27.6 Å². The normalized spacial score (nSPS) is 14.1. The van der Waals surface area contributed by atoms with Crippen molar-refractivity contribution in [3.63, 3.8) is 0 Å². The van der Waals surface area contributed by atoms with E-state index in [9.17, 15) is 18.0 Å². The molecule has 0 radical (unpaired) electrons. The fourth-order valence-corrected chi connectivity index (χ4v) is 3.65. The Kier molecular flexibility index (Phi) is 6.83. The Hall–Kier alpha value is -3.11. The van der Waals surface area contributed by atoms with Crippen molar-refractivity contribution in [1.29, 1.82) is 0 Å². The minimum atomic E-state index is -3.85. The fourth-order valence-electron chi connectivity index (χ4n) is 2.58. The van der Waals surface area contributed by atoms with Crippen molar-refractivity contribution in [3.05, 3.63) is 53.9 Å². The minimum Gasteiger partial charge on any atom is -0.495 e. The van der Waals surface area contributed by atoms with Gasteiger partial charge in [-0.15, -0.1) is 0 Å². The second-order valence-corrected chi connectivity index (χ2v) is 8.06. The van der Waals surface area contributed by atoms with Crippen LogP contribution in [0.5, 0.6) is 5.75 Å². The number of benzene rings is 1. The smallest absolute Gasteiger partial charge is 0.355 e. The molecule has 0 unspecified atom stereocenters. The first-order valence-electron chi connectivity index (χ1n) is 8.34. The van der Waals surface area contributed by atoms with E-state index in [4.69, 9.17) is 14.2 Å². The van der Waals surface area contributed by atoms with E-state index in [1.54, 1.807) is 18.2 Å². The van der Waals surface area contributed by atoms with Gasteiger partial charge in [0.1, 0.15) is 16.3 Å². The molecule has 0 saturated carbocycles. The molecule has 9 nitrogen and oxygen atoms in total. The van der Waals surface area contributed by atoms with Crippen LogP contribution in [-0.2, 0) is 29.1 Å². The van der Waals surface area contributed by atoms with Gasteiger partial charge in [-0.2, -0.15) is 0 Å². The van der Waals surface area contributed by atoms with Crippen molar-refractivity contribution in [3.8, 4) is 5.75 Å². The van der Waals surface area contributed by atoms with E-state index in [1.807, 2.05) is 0 Å². The zero-order chi connectivity index (χ0) is 21.8. The van der Waals surface area contributed by atoms with Crippen molar-refractivity contribution in [2.24, 2.45) is 0 Å². The van der Waals surface area contributed by atoms with E-state index in [-0.39, 0.29) is 21.9 Å². The van der Waals surface area contributed by atoms with E-state index in [1.165, 1.54) is 64.7 Å². The third-order valence-electron chi connectivity index (χ3n) is 4.07. The first kappa shape index (κ1) is 22.2. The third kappa shape index (κ3) is 4.33. The quantitative estimate of drug-likeness (QED) is 0.635. The van der Waals surface area contributed by atoms with Crippen LogP contribution in [0.3, 0.4) is 0 Å². The van der Waals surface area contributed by atoms with E-state index >= 15 is 0 Å². The number of rotatable bonds is 6. The van der Waals surface area contributed by atoms with E-state index in [0.717, 1.165) is 4.31 Å². The second kappa shape index (κ2) is 8.93. The van der Waals surface area contributed by atoms with Gasteiger partial charge < -0.3 is 19.1 Å². The molecule has 0 bridgehead atoms. The average Bonchev–Trinajstić information content (AvgIpc) is 2.94. The van der Waals surface area contributed by atoms with Crippen LogP contribution in [0.4, 0.5) is 5.69 Å². The number of methoxy groups -OCH3 is 3. The Morgan fingerprint density at radius 2 is 1.66 bits per heavy atom. The molecule has 1 heterocycles. The Bertz CT molecular complexity index is 1010. The summed E-state index contributed by atoms with van der Waals surface area (Å²) >= 11 is 0. The summed E-state index contributed by atoms with van der Waals surface area (Å²) in [4.78, 5) is 26.0. The molecule has 1 aliphatic heterocycles. The van der Waals surface area contributed by atoms with Crippen LogP contribution in [0.25, 0.3) is 0 Å². The number of ether oxygens (including phenoxy) is 3. The molecule has 156 valence electrons. The van der Waals surface area contributed by atoms with Gasteiger partial charge in [0.2, 0.25) is 10.0 Å². The molecule has 0 fully saturated rings. The van der Waals surface area contributed by atoms with Crippen molar-refractivity contribution in [2.45, 2.75) is 4.90 Å². The Balaban J connectivity index is 2.77. The van der Waals surface area contributed by atoms with Gasteiger partial charge in [-0.25, -0.2) is 22.3 Å². The fraction of sp³-hybridized carbons (Fsp3) is 0.263. The predicted molar refractivity (Wildman–Crippen MR) is 106 cm³/mol. The standard InChI is InChI=1S/C19H22N2O7S/c1-20(2)29(24,25)16-12-13(9-10-15(16)26-3)21-11-7-6-8-14(18(22)27-4)17(21)19(23)28-5/h6-12H,1-5H3. The second-order valence-electron chi connectivity index (χ2n) is 5.94. The van der Waals surface area contributed by atoms with Gasteiger partial charge in [-0.05, 0) is 30.4 Å². The summed E-state index contributed by atoms with van der Waals surface area (Å²) in [6.45, 7) is 0. The van der Waals surface area contributed by atoms with E-state index in [2.05, 4.69) is 0 Å². The lowest BCUT2D eigenvalue weighted by Gasteiger charge is -2.24. The van der Waals surface area contributed by atoms with Crippen molar-refractivity contribution in [1.82, 2.24) is 4.31 Å². The number of allylic oxidation sites excluding steroid dienone is 2. The summed E-state index contributed by atoms with van der Waals surface area (Å²) in [5.74, 6) is -1.41. The molecule has 0 atom stereocenters. The lowest BCUT2D eigenvalue weighted by Crippen LogP contribution is -2.27. The van der Waals surface area contributed by atoms with Crippen molar-refractivity contribution in [2.75, 3.05) is 40.3 Å². The number of anilines is 1. The average molecular weight is 422 g/mol. The summed E-state index contributed by atoms with van der Waals surface area (Å²) in [6, 6.07) is 4.37. The van der Waals surface area contributed by atoms with Gasteiger partial charge in [-0.3, -0.25) is 0 Å². The molecule has 0 N–H and O–H groups in total. The molecule has 0 spiro atoms. The van der Waals surface area contributed by atoms with Gasteiger partial charge in [0.05, 0.1) is 26.9 Å². The Morgan fingerprint density at radius 3 is 2.21 bits per heavy atom. The zero-order valence-electron chi connectivity index (χ0n) is 16.7. The molecular formula is C19H22N2O7S. The summed E-state index contributed by atoms with van der Waals surface area (Å²) in [6.07, 6.45) is 6.06. The molecule has 1 aliphatic rings. The molecule has 1 aromatic rings. The number of hydrogen-bond acceptors (Lipinski definition) is 8. The molecule has 0 saturated heterocycles. The van der Waals surface area contributed by atoms with Crippen molar-refractivity contribution < 1.29 is 32.2 Å². The molecule has 0 aromatic heterocycles. The molecule has 2 rings (SSSR count). The first-order chi connectivity index (χ1) is 13.7. The highest BCUT2D eigenvalue weighted by Gasteiger charge is 2.29. The van der Waals surface area contributed by atoms with Gasteiger partial charge >= 0.3 is 11.9 Å². The molecule has 0 amide bonds. The number of hydrogen-bond donors (Lipinski definition) is 0. The zero-order valence-corrected chi connectivity index (χ0v) is 17.5. The van der Waals surface area contributed by atoms with Crippen LogP contribution in [0, 0.1) is 0 Å². The van der Waals surface area contributed by atoms with Crippen LogP contribution in [0.15, 0.2) is 58.8 Å². The molecule has 1 aromatic carbocycles. The summed E-state index contributed by atoms with van der Waals surface area (Å²) in [7, 11) is 2.66. The van der Waals surface area contributed by atoms with Gasteiger partial charge in [0, 0.05) is 26.0 Å². The predicted octanol–water partition coefficient (Wildman–Crippen LogP) is 1.44. The van der Waals surface area contributed by atoms with Crippen LogP contribution in [0.2, 0.25) is 0 Å². The van der Waals surface area contributed by atoms with Crippen LogP contribution in [-0.4, -0.2) is 60.1 Å². The lowest BCUT2D eigenvalue weighted by molar-refractivity contribution is -0.139. The largest absolute Gasteiger partial charge is 0.495 e. The number of sulfonamides is 1. The number of nitrogens with zero attached hydrogens (tertiary/aromatic N) is 2. The van der Waals surface area contributed by atoms with Crippen LogP contribution < -0.4 is 9.64 Å². The first-order valence-corrected chi connectivity index (χ1v) is 9.78. The maximum absolute atomic E-state index is 12.7. The van der Waals surface area contributed by atoms with Crippen LogP contribution >= 0.6 is 0 Å². The van der Waals surface area contributed by atoms with Crippen LogP contribution in [0.1, 0.15) is 0 Å². The highest BCUT2D eigenvalue weighted by Crippen LogP contribution is 2.33. The summed E-state index contributed by atoms with van der Waals surface area (Å²) < 4.78 is 41.3. The highest BCUT2D eigenvalue weighted by molar-refractivity contribution is 7.89. The third-order valence-corrected chi connectivity index (χ3v) is 5.91. The number of carbonyl (C=O) groups excluding carboxylic acids is 2. The van der Waals surface area contributed by atoms with E-state index in [0.29, 0.717) is 5.69 Å². The molecule has 10 heteroatoms. The highest BCUT2D eigenvalue weighted by atomic mass is 32.2. The minimum absolute atomic E-state index is 0.0443. The van der Waals surface area contributed by atoms with E-state index < -0.39 is 22.0 Å². The van der Waals surface area contributed by atoms with Gasteiger partial charge in [0.15, 0.2) is 0 Å². The topological polar surface area (TPSA) is 102 Å². The Labute approximate surface area is 169 Å². The number of esters is 2. The molecule has 0 aliphatic carbocycles. The summed E-state index contributed by atoms with van der Waals surface area (Å²) in [5, 5.41) is 0. The maximum Gasteiger partial charge on any atom is 0.355 e.